The molecule has 0 aromatic heterocycles. The lowest BCUT2D eigenvalue weighted by Gasteiger charge is -2.39. The van der Waals surface area contributed by atoms with E-state index in [2.05, 4.69) is 38.1 Å². The molecule has 5 rings (SSSR count). The Labute approximate surface area is 240 Å². The molecule has 0 aliphatic heterocycles. The lowest BCUT2D eigenvalue weighted by molar-refractivity contribution is -0.179. The third-order valence-electron chi connectivity index (χ3n) is 9.45. The van der Waals surface area contributed by atoms with Crippen molar-refractivity contribution in [2.24, 2.45) is 23.7 Å². The summed E-state index contributed by atoms with van der Waals surface area (Å²) in [5.41, 5.74) is 0.436. The predicted octanol–water partition coefficient (Wildman–Crippen LogP) is 9.14. The smallest absolute Gasteiger partial charge is 0.348 e. The van der Waals surface area contributed by atoms with Gasteiger partial charge in [0.15, 0.2) is 0 Å². The molecule has 0 heterocycles. The number of carbonyl (C=O) groups is 1. The zero-order chi connectivity index (χ0) is 27.1. The molecule has 0 bridgehead atoms. The Morgan fingerprint density at radius 2 is 1.31 bits per heavy atom. The minimum atomic E-state index is -1.28. The van der Waals surface area contributed by atoms with Gasteiger partial charge >= 0.3 is 5.97 Å². The van der Waals surface area contributed by atoms with Gasteiger partial charge < -0.3 is 9.47 Å². The quantitative estimate of drug-likeness (QED) is 0.168. The Hall–Kier alpha value is -1.78. The first-order valence-electron chi connectivity index (χ1n) is 15.7. The Balaban J connectivity index is 1.52. The molecule has 4 heteroatoms. The first-order chi connectivity index (χ1) is 19.0. The zero-order valence-electron chi connectivity index (χ0n) is 24.1. The van der Waals surface area contributed by atoms with E-state index in [-0.39, 0.29) is 17.5 Å². The highest BCUT2D eigenvalue weighted by Crippen LogP contribution is 2.45. The fourth-order valence-corrected chi connectivity index (χ4v) is 8.69. The number of carbonyl (C=O) groups excluding carboxylic acids is 1. The third kappa shape index (κ3) is 7.11. The first kappa shape index (κ1) is 28.7. The fraction of sp³-hybridized carbons (Fsp3) is 0.629. The van der Waals surface area contributed by atoms with Crippen LogP contribution in [0, 0.1) is 23.7 Å². The van der Waals surface area contributed by atoms with Crippen LogP contribution >= 0.6 is 11.8 Å². The van der Waals surface area contributed by atoms with Crippen LogP contribution in [0.15, 0.2) is 60.7 Å². The SMILES string of the molecule is CC1CCC(C)CC(OC(=O)C(OC(SCC2CCCC2)C2CCCC2)(c2ccccc2)c2ccccc2)C1. The van der Waals surface area contributed by atoms with Crippen molar-refractivity contribution in [3.8, 4) is 0 Å². The molecule has 3 saturated carbocycles. The summed E-state index contributed by atoms with van der Waals surface area (Å²) in [5.74, 6) is 3.23. The lowest BCUT2D eigenvalue weighted by atomic mass is 9.85. The van der Waals surface area contributed by atoms with E-state index in [4.69, 9.17) is 9.47 Å². The monoisotopic (exact) mass is 548 g/mol. The maximum Gasteiger partial charge on any atom is 0.348 e. The van der Waals surface area contributed by atoms with Gasteiger partial charge in [-0.05, 0) is 79.1 Å². The highest BCUT2D eigenvalue weighted by atomic mass is 32.2. The van der Waals surface area contributed by atoms with Crippen molar-refractivity contribution < 1.29 is 14.3 Å². The van der Waals surface area contributed by atoms with E-state index in [1.807, 2.05) is 48.2 Å². The van der Waals surface area contributed by atoms with Gasteiger partial charge in [0.05, 0.1) is 0 Å². The Morgan fingerprint density at radius 1 is 0.795 bits per heavy atom. The summed E-state index contributed by atoms with van der Waals surface area (Å²) in [6.45, 7) is 4.60. The molecule has 3 aliphatic rings. The van der Waals surface area contributed by atoms with Crippen molar-refractivity contribution in [3.05, 3.63) is 71.8 Å². The highest BCUT2D eigenvalue weighted by molar-refractivity contribution is 7.99. The summed E-state index contributed by atoms with van der Waals surface area (Å²) in [7, 11) is 0. The average molecular weight is 549 g/mol. The van der Waals surface area contributed by atoms with E-state index in [1.165, 1.54) is 64.2 Å². The molecule has 0 radical (unpaired) electrons. The number of esters is 1. The van der Waals surface area contributed by atoms with Crippen LogP contribution in [0.2, 0.25) is 0 Å². The summed E-state index contributed by atoms with van der Waals surface area (Å²) in [4.78, 5) is 14.7. The van der Waals surface area contributed by atoms with E-state index in [0.29, 0.717) is 17.8 Å². The van der Waals surface area contributed by atoms with E-state index in [0.717, 1.165) is 35.6 Å². The van der Waals surface area contributed by atoms with E-state index >= 15 is 0 Å². The van der Waals surface area contributed by atoms with Gasteiger partial charge in [-0.3, -0.25) is 0 Å². The van der Waals surface area contributed by atoms with Crippen molar-refractivity contribution in [1.29, 1.82) is 0 Å². The van der Waals surface area contributed by atoms with Gasteiger partial charge in [0.25, 0.3) is 0 Å². The summed E-state index contributed by atoms with van der Waals surface area (Å²) in [6, 6.07) is 20.3. The minimum Gasteiger partial charge on any atom is -0.460 e. The molecule has 212 valence electrons. The number of hydrogen-bond donors (Lipinski definition) is 0. The number of hydrogen-bond acceptors (Lipinski definition) is 4. The molecule has 0 amide bonds. The molecule has 0 spiro atoms. The number of ether oxygens (including phenoxy) is 2. The molecule has 0 N–H and O–H groups in total. The van der Waals surface area contributed by atoms with Gasteiger partial charge in [0, 0.05) is 0 Å². The summed E-state index contributed by atoms with van der Waals surface area (Å²) in [5, 5.41) is 0. The van der Waals surface area contributed by atoms with Crippen LogP contribution in [0.4, 0.5) is 0 Å². The van der Waals surface area contributed by atoms with Crippen LogP contribution in [0.25, 0.3) is 0 Å². The van der Waals surface area contributed by atoms with Gasteiger partial charge in [-0.25, -0.2) is 4.79 Å². The molecule has 3 unspecified atom stereocenters. The summed E-state index contributed by atoms with van der Waals surface area (Å²) < 4.78 is 13.9. The van der Waals surface area contributed by atoms with E-state index in [9.17, 15) is 4.79 Å². The van der Waals surface area contributed by atoms with Crippen LogP contribution in [-0.2, 0) is 19.9 Å². The average Bonchev–Trinajstić information content (AvgIpc) is 3.66. The summed E-state index contributed by atoms with van der Waals surface area (Å²) in [6.07, 6.45) is 14.4. The molecule has 3 nitrogen and oxygen atoms in total. The van der Waals surface area contributed by atoms with Crippen molar-refractivity contribution in [2.45, 2.75) is 108 Å². The topological polar surface area (TPSA) is 35.5 Å². The van der Waals surface area contributed by atoms with Crippen LogP contribution in [0.3, 0.4) is 0 Å². The number of rotatable bonds is 10. The summed E-state index contributed by atoms with van der Waals surface area (Å²) >= 11 is 1.97. The Kier molecular flexibility index (Phi) is 10.1. The second kappa shape index (κ2) is 13.7. The maximum absolute atomic E-state index is 14.7. The molecule has 0 saturated heterocycles. The molecule has 3 atom stereocenters. The second-order valence-corrected chi connectivity index (χ2v) is 13.8. The number of benzene rings is 2. The zero-order valence-corrected chi connectivity index (χ0v) is 24.9. The molecular formula is C35H48O3S. The van der Waals surface area contributed by atoms with Crippen LogP contribution < -0.4 is 0 Å². The van der Waals surface area contributed by atoms with Gasteiger partial charge in [0.1, 0.15) is 11.5 Å². The minimum absolute atomic E-state index is 0.0342. The first-order valence-corrected chi connectivity index (χ1v) is 16.7. The second-order valence-electron chi connectivity index (χ2n) is 12.7. The Morgan fingerprint density at radius 3 is 1.85 bits per heavy atom. The van der Waals surface area contributed by atoms with Crippen LogP contribution in [0.1, 0.15) is 102 Å². The lowest BCUT2D eigenvalue weighted by Crippen LogP contribution is -2.46. The normalized spacial score (nSPS) is 25.8. The molecule has 3 aliphatic carbocycles. The van der Waals surface area contributed by atoms with Crippen LogP contribution in [-0.4, -0.2) is 23.3 Å². The molecular weight excluding hydrogens is 500 g/mol. The Bertz CT molecular complexity index is 961. The number of thioether (sulfide) groups is 1. The van der Waals surface area contributed by atoms with Crippen molar-refractivity contribution >= 4 is 17.7 Å². The highest BCUT2D eigenvalue weighted by Gasteiger charge is 2.49. The fourth-order valence-electron chi connectivity index (χ4n) is 7.14. The van der Waals surface area contributed by atoms with Gasteiger partial charge in [-0.1, -0.05) is 113 Å². The van der Waals surface area contributed by atoms with Crippen molar-refractivity contribution in [2.75, 3.05) is 5.75 Å². The van der Waals surface area contributed by atoms with Gasteiger partial charge in [-0.15, -0.1) is 11.8 Å². The molecule has 2 aromatic carbocycles. The van der Waals surface area contributed by atoms with Crippen molar-refractivity contribution in [1.82, 2.24) is 0 Å². The standard InChI is InChI=1S/C35H48O3S/c1-26-21-22-27(2)24-32(23-26)37-34(36)35(30-17-5-3-6-18-30,31-19-7-4-8-20-31)38-33(29-15-11-12-16-29)39-25-28-13-9-10-14-28/h3-8,17-20,26-29,32-33H,9-16,21-25H2,1-2H3. The van der Waals surface area contributed by atoms with Crippen LogP contribution in [0.5, 0.6) is 0 Å². The predicted molar refractivity (Wildman–Crippen MR) is 162 cm³/mol. The largest absolute Gasteiger partial charge is 0.460 e. The molecule has 2 aromatic rings. The van der Waals surface area contributed by atoms with Crippen molar-refractivity contribution in [3.63, 3.8) is 0 Å². The third-order valence-corrected chi connectivity index (χ3v) is 10.9. The van der Waals surface area contributed by atoms with Gasteiger partial charge in [0.2, 0.25) is 5.60 Å². The maximum atomic E-state index is 14.7. The van der Waals surface area contributed by atoms with Gasteiger partial charge in [-0.2, -0.15) is 0 Å². The van der Waals surface area contributed by atoms with E-state index < -0.39 is 5.60 Å². The van der Waals surface area contributed by atoms with E-state index in [1.54, 1.807) is 0 Å². The molecule has 3 fully saturated rings. The molecule has 39 heavy (non-hydrogen) atoms.